The summed E-state index contributed by atoms with van der Waals surface area (Å²) in [5.74, 6) is -1.65. The summed E-state index contributed by atoms with van der Waals surface area (Å²) in [4.78, 5) is 34.5. The minimum absolute atomic E-state index is 0.0537. The lowest BCUT2D eigenvalue weighted by atomic mass is 10.2. The van der Waals surface area contributed by atoms with Crippen LogP contribution in [0.2, 0.25) is 0 Å². The summed E-state index contributed by atoms with van der Waals surface area (Å²) in [6.45, 7) is 9.09. The molecule has 24 heavy (non-hydrogen) atoms. The van der Waals surface area contributed by atoms with E-state index < -0.39 is 29.6 Å². The monoisotopic (exact) mass is 363 g/mol. The van der Waals surface area contributed by atoms with Gasteiger partial charge in [-0.25, -0.2) is 4.79 Å². The Balaban J connectivity index is 4.55. The van der Waals surface area contributed by atoms with E-state index in [9.17, 15) is 19.5 Å². The number of amides is 1. The van der Waals surface area contributed by atoms with Crippen molar-refractivity contribution in [2.75, 3.05) is 6.54 Å². The maximum Gasteiger partial charge on any atom is 0.410 e. The molecule has 0 heterocycles. The fraction of sp³-hybridized carbons (Fsp3) is 0.812. The molecule has 0 bridgehead atoms. The van der Waals surface area contributed by atoms with Crippen molar-refractivity contribution in [2.45, 2.75) is 70.7 Å². The Labute approximate surface area is 147 Å². The van der Waals surface area contributed by atoms with Gasteiger partial charge in [0, 0.05) is 24.1 Å². The molecule has 0 radical (unpaired) electrons. The van der Waals surface area contributed by atoms with Crippen molar-refractivity contribution in [1.82, 2.24) is 5.32 Å². The van der Waals surface area contributed by atoms with Crippen molar-refractivity contribution < 1.29 is 29.0 Å². The second-order valence-corrected chi connectivity index (χ2v) is 7.15. The van der Waals surface area contributed by atoms with E-state index in [2.05, 4.69) is 5.32 Å². The van der Waals surface area contributed by atoms with Crippen molar-refractivity contribution in [3.63, 3.8) is 0 Å². The fourth-order valence-corrected chi connectivity index (χ4v) is 2.88. The smallest absolute Gasteiger partial charge is 0.410 e. The highest BCUT2D eigenvalue weighted by atomic mass is 32.2. The van der Waals surface area contributed by atoms with Crippen LogP contribution in [0.3, 0.4) is 0 Å². The van der Waals surface area contributed by atoms with Gasteiger partial charge in [-0.3, -0.25) is 9.59 Å². The summed E-state index contributed by atoms with van der Waals surface area (Å²) in [5.41, 5.74) is 0. The highest BCUT2D eigenvalue weighted by Crippen LogP contribution is 2.23. The number of alkyl carbamates (subject to hydrolysis) is 1. The summed E-state index contributed by atoms with van der Waals surface area (Å²) < 4.78 is 10.1. The molecule has 0 aliphatic heterocycles. The molecule has 0 aromatic rings. The van der Waals surface area contributed by atoms with Crippen molar-refractivity contribution in [3.05, 3.63) is 0 Å². The largest absolute Gasteiger partial charge is 0.480 e. The topological polar surface area (TPSA) is 102 Å². The molecule has 0 aliphatic carbocycles. The zero-order valence-corrected chi connectivity index (χ0v) is 15.9. The first-order valence-electron chi connectivity index (χ1n) is 8.27. The lowest BCUT2D eigenvalue weighted by Gasteiger charge is -2.22. The molecule has 0 rings (SSSR count). The normalized spacial score (nSPS) is 13.5. The first-order valence-corrected chi connectivity index (χ1v) is 9.21. The second-order valence-electron chi connectivity index (χ2n) is 5.64. The number of carbonyl (C=O) groups excluding carboxylic acids is 2. The third-order valence-electron chi connectivity index (χ3n) is 3.28. The molecule has 140 valence electrons. The van der Waals surface area contributed by atoms with Gasteiger partial charge in [-0.2, -0.15) is 0 Å². The van der Waals surface area contributed by atoms with Gasteiger partial charge in [-0.15, -0.1) is 11.8 Å². The number of esters is 1. The van der Waals surface area contributed by atoms with Crippen molar-refractivity contribution in [2.24, 2.45) is 5.92 Å². The molecule has 0 saturated carbocycles. The first-order chi connectivity index (χ1) is 11.2. The highest BCUT2D eigenvalue weighted by molar-refractivity contribution is 8.01. The predicted octanol–water partition coefficient (Wildman–Crippen LogP) is 3.02. The molecule has 0 fully saturated rings. The molecule has 2 N–H and O–H groups in total. The average Bonchev–Trinajstić information content (AvgIpc) is 2.53. The Morgan fingerprint density at radius 3 is 2.08 bits per heavy atom. The molecule has 0 aromatic heterocycles. The Morgan fingerprint density at radius 1 is 1.08 bits per heavy atom. The summed E-state index contributed by atoms with van der Waals surface area (Å²) in [6.07, 6.45) is 0.109. The van der Waals surface area contributed by atoms with Crippen LogP contribution in [0.1, 0.15) is 53.9 Å². The molecule has 0 aromatic carbocycles. The quantitative estimate of drug-likeness (QED) is 0.430. The van der Waals surface area contributed by atoms with Crippen LogP contribution in [-0.4, -0.2) is 46.5 Å². The van der Waals surface area contributed by atoms with Gasteiger partial charge in [0.05, 0.1) is 0 Å². The average molecular weight is 363 g/mol. The zero-order valence-electron chi connectivity index (χ0n) is 15.0. The maximum atomic E-state index is 11.9. The fourth-order valence-electron chi connectivity index (χ4n) is 1.74. The van der Waals surface area contributed by atoms with E-state index in [1.165, 1.54) is 11.8 Å². The van der Waals surface area contributed by atoms with Crippen molar-refractivity contribution >= 4 is 29.8 Å². The highest BCUT2D eigenvalue weighted by Gasteiger charge is 2.25. The van der Waals surface area contributed by atoms with E-state index in [-0.39, 0.29) is 24.1 Å². The third-order valence-corrected chi connectivity index (χ3v) is 5.03. The maximum absolute atomic E-state index is 11.9. The van der Waals surface area contributed by atoms with E-state index in [1.54, 1.807) is 20.8 Å². The molecule has 7 nitrogen and oxygen atoms in total. The van der Waals surface area contributed by atoms with E-state index in [0.29, 0.717) is 0 Å². The number of rotatable bonds is 11. The van der Waals surface area contributed by atoms with E-state index in [1.807, 2.05) is 13.8 Å². The van der Waals surface area contributed by atoms with Crippen LogP contribution in [-0.2, 0) is 19.1 Å². The Morgan fingerprint density at radius 2 is 1.67 bits per heavy atom. The van der Waals surface area contributed by atoms with Gasteiger partial charge in [0.2, 0.25) is 0 Å². The van der Waals surface area contributed by atoms with Gasteiger partial charge in [0.1, 0.15) is 5.25 Å². The summed E-state index contributed by atoms with van der Waals surface area (Å²) in [5, 5.41) is 11.2. The van der Waals surface area contributed by atoms with Crippen LogP contribution in [0, 0.1) is 5.92 Å². The molecule has 0 aliphatic rings. The molecule has 0 unspecified atom stereocenters. The van der Waals surface area contributed by atoms with Gasteiger partial charge < -0.3 is 19.9 Å². The van der Waals surface area contributed by atoms with E-state index >= 15 is 0 Å². The van der Waals surface area contributed by atoms with Crippen LogP contribution >= 0.6 is 11.8 Å². The van der Waals surface area contributed by atoms with Crippen molar-refractivity contribution in [1.29, 1.82) is 0 Å². The van der Waals surface area contributed by atoms with Crippen LogP contribution in [0.4, 0.5) is 4.79 Å². The summed E-state index contributed by atoms with van der Waals surface area (Å²) >= 11 is 1.32. The third kappa shape index (κ3) is 9.00. The first kappa shape index (κ1) is 22.6. The summed E-state index contributed by atoms with van der Waals surface area (Å²) in [7, 11) is 0. The van der Waals surface area contributed by atoms with Gasteiger partial charge in [0.25, 0.3) is 6.29 Å². The standard InChI is InChI=1S/C16H29NO6S/c1-6-11(7-2)24-12(14(19)20)9-17-16(21)23-15(10(4)5)22-13(18)8-3/h10-12,15H,6-9H2,1-5H3,(H,17,21)(H,19,20)/t12-,15+/m0/s1. The molecular weight excluding hydrogens is 334 g/mol. The van der Waals surface area contributed by atoms with Gasteiger partial charge >= 0.3 is 18.0 Å². The molecular formula is C16H29NO6S. The number of carboxylic acids is 1. The van der Waals surface area contributed by atoms with Gasteiger partial charge in [-0.05, 0) is 12.8 Å². The molecule has 1 amide bonds. The Hall–Kier alpha value is -1.44. The lowest BCUT2D eigenvalue weighted by Crippen LogP contribution is -2.39. The number of thioether (sulfide) groups is 1. The Kier molecular flexibility index (Phi) is 11.3. The van der Waals surface area contributed by atoms with E-state index in [0.717, 1.165) is 12.8 Å². The molecule has 0 spiro atoms. The van der Waals surface area contributed by atoms with Crippen LogP contribution < -0.4 is 5.32 Å². The zero-order chi connectivity index (χ0) is 18.7. The predicted molar refractivity (Wildman–Crippen MR) is 92.9 cm³/mol. The summed E-state index contributed by atoms with van der Waals surface area (Å²) in [6, 6.07) is 0. The number of hydrogen-bond acceptors (Lipinski definition) is 6. The number of nitrogens with one attached hydrogen (secondary N) is 1. The number of aliphatic carboxylic acids is 1. The van der Waals surface area contributed by atoms with Gasteiger partial charge in [-0.1, -0.05) is 34.6 Å². The van der Waals surface area contributed by atoms with Gasteiger partial charge in [0.15, 0.2) is 0 Å². The number of ether oxygens (including phenoxy) is 2. The Bertz CT molecular complexity index is 411. The minimum atomic E-state index is -0.993. The van der Waals surface area contributed by atoms with Crippen LogP contribution in [0.25, 0.3) is 0 Å². The van der Waals surface area contributed by atoms with E-state index in [4.69, 9.17) is 9.47 Å². The number of carboxylic acid groups (broad SMARTS) is 1. The SMILES string of the molecule is CCC(=O)O[C@H](OC(=O)NC[C@H](SC(CC)CC)C(=O)O)C(C)C. The number of hydrogen-bond donors (Lipinski definition) is 2. The lowest BCUT2D eigenvalue weighted by molar-refractivity contribution is -0.174. The molecule has 0 saturated heterocycles. The number of carbonyl (C=O) groups is 3. The second kappa shape index (κ2) is 12.0. The molecule has 2 atom stereocenters. The minimum Gasteiger partial charge on any atom is -0.480 e. The van der Waals surface area contributed by atoms with Crippen molar-refractivity contribution in [3.8, 4) is 0 Å². The van der Waals surface area contributed by atoms with Crippen LogP contribution in [0.5, 0.6) is 0 Å². The van der Waals surface area contributed by atoms with Crippen LogP contribution in [0.15, 0.2) is 0 Å². The molecule has 8 heteroatoms.